The van der Waals surface area contributed by atoms with Gasteiger partial charge in [0.15, 0.2) is 0 Å². The van der Waals surface area contributed by atoms with E-state index in [1.807, 2.05) is 13.8 Å². The maximum Gasteiger partial charge on any atom is 0.310 e. The number of hydrogen-bond acceptors (Lipinski definition) is 2. The zero-order chi connectivity index (χ0) is 18.8. The van der Waals surface area contributed by atoms with Gasteiger partial charge in [0.05, 0.1) is 5.41 Å². The summed E-state index contributed by atoms with van der Waals surface area (Å²) in [7, 11) is 0. The molecule has 2 unspecified atom stereocenters. The first-order valence-electron chi connectivity index (χ1n) is 9.65. The minimum atomic E-state index is -0.803. The second-order valence-electron chi connectivity index (χ2n) is 7.80. The molecule has 2 N–H and O–H groups in total. The summed E-state index contributed by atoms with van der Waals surface area (Å²) in [6.45, 7) is 10.3. The molecule has 142 valence electrons. The van der Waals surface area contributed by atoms with Gasteiger partial charge in [-0.05, 0) is 37.0 Å². The standard InChI is InChI=1S/C20H38O4/c1-6-7-8-9-10-14-20(16(4)5,19(23)24)17(15(2)3)12-11-13-18(21)22/h15-17H,6-14H2,1-5H3,(H,21,22)(H,23,24). The molecule has 0 heterocycles. The summed E-state index contributed by atoms with van der Waals surface area (Å²) in [4.78, 5) is 23.1. The molecule has 0 bridgehead atoms. The van der Waals surface area contributed by atoms with Crippen molar-refractivity contribution in [2.75, 3.05) is 0 Å². The first-order valence-corrected chi connectivity index (χ1v) is 9.65. The number of carboxylic acids is 2. The van der Waals surface area contributed by atoms with Crippen molar-refractivity contribution in [2.24, 2.45) is 23.2 Å². The van der Waals surface area contributed by atoms with Crippen LogP contribution < -0.4 is 0 Å². The first-order chi connectivity index (χ1) is 11.2. The molecule has 0 fully saturated rings. The molecule has 0 aromatic carbocycles. The third-order valence-electron chi connectivity index (χ3n) is 5.49. The fourth-order valence-corrected chi connectivity index (χ4v) is 4.09. The van der Waals surface area contributed by atoms with Crippen LogP contribution in [-0.4, -0.2) is 22.2 Å². The molecule has 0 aromatic rings. The molecule has 0 rings (SSSR count). The highest BCUT2D eigenvalue weighted by molar-refractivity contribution is 5.75. The number of rotatable bonds is 14. The van der Waals surface area contributed by atoms with Crippen LogP contribution in [0.15, 0.2) is 0 Å². The quantitative estimate of drug-likeness (QED) is 0.403. The van der Waals surface area contributed by atoms with E-state index in [1.54, 1.807) is 0 Å². The summed E-state index contributed by atoms with van der Waals surface area (Å²) < 4.78 is 0. The van der Waals surface area contributed by atoms with Crippen molar-refractivity contribution in [2.45, 2.75) is 92.4 Å². The van der Waals surface area contributed by atoms with Crippen LogP contribution >= 0.6 is 0 Å². The molecule has 4 heteroatoms. The first kappa shape index (κ1) is 22.9. The molecule has 0 aliphatic rings. The number of carbonyl (C=O) groups is 2. The van der Waals surface area contributed by atoms with Crippen LogP contribution in [0.5, 0.6) is 0 Å². The largest absolute Gasteiger partial charge is 0.481 e. The summed E-state index contributed by atoms with van der Waals surface area (Å²) in [6, 6.07) is 0. The fourth-order valence-electron chi connectivity index (χ4n) is 4.09. The van der Waals surface area contributed by atoms with E-state index in [0.29, 0.717) is 19.3 Å². The molecule has 0 spiro atoms. The molecule has 24 heavy (non-hydrogen) atoms. The summed E-state index contributed by atoms with van der Waals surface area (Å²) in [5.41, 5.74) is -0.751. The summed E-state index contributed by atoms with van der Waals surface area (Å²) in [5.74, 6) is -1.23. The number of carboxylic acid groups (broad SMARTS) is 2. The summed E-state index contributed by atoms with van der Waals surface area (Å²) >= 11 is 0. The van der Waals surface area contributed by atoms with Gasteiger partial charge >= 0.3 is 11.9 Å². The van der Waals surface area contributed by atoms with Gasteiger partial charge in [-0.1, -0.05) is 66.7 Å². The van der Waals surface area contributed by atoms with Gasteiger partial charge in [0.2, 0.25) is 0 Å². The predicted molar refractivity (Wildman–Crippen MR) is 98.1 cm³/mol. The van der Waals surface area contributed by atoms with E-state index in [4.69, 9.17) is 5.11 Å². The molecular formula is C20H38O4. The van der Waals surface area contributed by atoms with Crippen molar-refractivity contribution in [3.8, 4) is 0 Å². The molecular weight excluding hydrogens is 304 g/mol. The van der Waals surface area contributed by atoms with Crippen molar-refractivity contribution in [3.05, 3.63) is 0 Å². The summed E-state index contributed by atoms with van der Waals surface area (Å²) in [6.07, 6.45) is 7.59. The maximum atomic E-state index is 12.3. The molecule has 0 aromatic heterocycles. The Labute approximate surface area is 148 Å². The van der Waals surface area contributed by atoms with Crippen molar-refractivity contribution < 1.29 is 19.8 Å². The van der Waals surface area contributed by atoms with E-state index >= 15 is 0 Å². The van der Waals surface area contributed by atoms with Crippen molar-refractivity contribution >= 4 is 11.9 Å². The van der Waals surface area contributed by atoms with Crippen LogP contribution in [0.2, 0.25) is 0 Å². The Morgan fingerprint density at radius 1 is 0.917 bits per heavy atom. The second-order valence-corrected chi connectivity index (χ2v) is 7.80. The lowest BCUT2D eigenvalue weighted by Crippen LogP contribution is -2.45. The Morgan fingerprint density at radius 3 is 1.92 bits per heavy atom. The van der Waals surface area contributed by atoms with E-state index in [9.17, 15) is 14.7 Å². The maximum absolute atomic E-state index is 12.3. The van der Waals surface area contributed by atoms with Crippen LogP contribution in [0.1, 0.15) is 92.4 Å². The minimum absolute atomic E-state index is 0.0144. The number of hydrogen-bond donors (Lipinski definition) is 2. The van der Waals surface area contributed by atoms with Crippen molar-refractivity contribution in [3.63, 3.8) is 0 Å². The lowest BCUT2D eigenvalue weighted by atomic mass is 9.60. The highest BCUT2D eigenvalue weighted by atomic mass is 16.4. The molecule has 4 nitrogen and oxygen atoms in total. The van der Waals surface area contributed by atoms with Crippen molar-refractivity contribution in [1.29, 1.82) is 0 Å². The molecule has 0 saturated carbocycles. The summed E-state index contributed by atoms with van der Waals surface area (Å²) in [5, 5.41) is 19.0. The van der Waals surface area contributed by atoms with Gasteiger partial charge in [-0.2, -0.15) is 0 Å². The van der Waals surface area contributed by atoms with Gasteiger partial charge in [0.25, 0.3) is 0 Å². The smallest absolute Gasteiger partial charge is 0.310 e. The Hall–Kier alpha value is -1.06. The predicted octanol–water partition coefficient (Wildman–Crippen LogP) is 5.60. The lowest BCUT2D eigenvalue weighted by molar-refractivity contribution is -0.159. The van der Waals surface area contributed by atoms with Crippen molar-refractivity contribution in [1.82, 2.24) is 0 Å². The van der Waals surface area contributed by atoms with Crippen LogP contribution in [0.4, 0.5) is 0 Å². The third kappa shape index (κ3) is 6.82. The van der Waals surface area contributed by atoms with Crippen LogP contribution in [-0.2, 0) is 9.59 Å². The Morgan fingerprint density at radius 2 is 1.50 bits per heavy atom. The molecule has 0 radical (unpaired) electrons. The molecule has 0 saturated heterocycles. The van der Waals surface area contributed by atoms with Crippen LogP contribution in [0, 0.1) is 23.2 Å². The normalized spacial score (nSPS) is 15.5. The highest BCUT2D eigenvalue weighted by Crippen LogP contribution is 2.47. The second kappa shape index (κ2) is 11.5. The SMILES string of the molecule is CCCCCCCC(C(=O)O)(C(C)C)C(CCCC(=O)O)C(C)C. The molecule has 2 atom stereocenters. The topological polar surface area (TPSA) is 74.6 Å². The Kier molecular flexibility index (Phi) is 11.0. The average Bonchev–Trinajstić information content (AvgIpc) is 2.47. The van der Waals surface area contributed by atoms with Gasteiger partial charge < -0.3 is 10.2 Å². The van der Waals surface area contributed by atoms with Gasteiger partial charge in [-0.3, -0.25) is 9.59 Å². The molecule has 0 amide bonds. The van der Waals surface area contributed by atoms with E-state index in [2.05, 4.69) is 20.8 Å². The number of aliphatic carboxylic acids is 2. The highest BCUT2D eigenvalue weighted by Gasteiger charge is 2.48. The zero-order valence-electron chi connectivity index (χ0n) is 16.3. The van der Waals surface area contributed by atoms with E-state index < -0.39 is 17.4 Å². The van der Waals surface area contributed by atoms with E-state index in [-0.39, 0.29) is 24.2 Å². The fraction of sp³-hybridized carbons (Fsp3) is 0.900. The monoisotopic (exact) mass is 342 g/mol. The van der Waals surface area contributed by atoms with Gasteiger partial charge in [0.1, 0.15) is 0 Å². The lowest BCUT2D eigenvalue weighted by Gasteiger charge is -2.43. The average molecular weight is 343 g/mol. The van der Waals surface area contributed by atoms with Gasteiger partial charge in [-0.25, -0.2) is 0 Å². The zero-order valence-corrected chi connectivity index (χ0v) is 16.3. The molecule has 0 aliphatic carbocycles. The van der Waals surface area contributed by atoms with E-state index in [1.165, 1.54) is 12.8 Å². The van der Waals surface area contributed by atoms with Gasteiger partial charge in [0, 0.05) is 6.42 Å². The minimum Gasteiger partial charge on any atom is -0.481 e. The Balaban J connectivity index is 5.20. The third-order valence-corrected chi connectivity index (χ3v) is 5.49. The number of unbranched alkanes of at least 4 members (excludes halogenated alkanes) is 4. The van der Waals surface area contributed by atoms with E-state index in [0.717, 1.165) is 19.3 Å². The molecule has 0 aliphatic heterocycles. The Bertz CT molecular complexity index is 376. The van der Waals surface area contributed by atoms with Crippen LogP contribution in [0.3, 0.4) is 0 Å². The van der Waals surface area contributed by atoms with Crippen LogP contribution in [0.25, 0.3) is 0 Å². The van der Waals surface area contributed by atoms with Gasteiger partial charge in [-0.15, -0.1) is 0 Å².